The van der Waals surface area contributed by atoms with Crippen LogP contribution in [-0.2, 0) is 13.0 Å². The Morgan fingerprint density at radius 1 is 1.23 bits per heavy atom. The third-order valence-corrected chi connectivity index (χ3v) is 4.12. The highest BCUT2D eigenvalue weighted by Gasteiger charge is 2.14. The predicted octanol–water partition coefficient (Wildman–Crippen LogP) is 3.04. The maximum absolute atomic E-state index is 12.4. The number of hydrogen-bond acceptors (Lipinski definition) is 4. The summed E-state index contributed by atoms with van der Waals surface area (Å²) in [7, 11) is 0. The monoisotopic (exact) mass is 369 g/mol. The zero-order valence-electron chi connectivity index (χ0n) is 14.7. The second-order valence-corrected chi connectivity index (χ2v) is 6.71. The van der Waals surface area contributed by atoms with Crippen molar-refractivity contribution in [2.45, 2.75) is 32.9 Å². The minimum Gasteiger partial charge on any atom is -0.348 e. The molecule has 0 aliphatic rings. The molecular weight excluding hydrogens is 350 g/mol. The molecule has 134 valence electrons. The number of nitrogens with one attached hydrogen (secondary N) is 1. The van der Waals surface area contributed by atoms with Gasteiger partial charge >= 0.3 is 0 Å². The largest absolute Gasteiger partial charge is 0.348 e. The average Bonchev–Trinajstić information content (AvgIpc) is 3.05. The van der Waals surface area contributed by atoms with E-state index in [1.807, 2.05) is 56.3 Å². The van der Waals surface area contributed by atoms with Crippen molar-refractivity contribution in [3.05, 3.63) is 76.3 Å². The normalized spacial score (nSPS) is 12.0. The SMILES string of the molecule is Cc1cccc(C[C@@H](C)NC(=O)c2cn(Cc3ccc(Cl)cc3)nn2)n1. The smallest absolute Gasteiger partial charge is 0.273 e. The molecule has 0 saturated heterocycles. The summed E-state index contributed by atoms with van der Waals surface area (Å²) < 4.78 is 1.63. The van der Waals surface area contributed by atoms with Crippen LogP contribution in [0.15, 0.2) is 48.7 Å². The first-order valence-electron chi connectivity index (χ1n) is 8.37. The highest BCUT2D eigenvalue weighted by atomic mass is 35.5. The molecule has 2 heterocycles. The van der Waals surface area contributed by atoms with Crippen LogP contribution in [0.25, 0.3) is 0 Å². The van der Waals surface area contributed by atoms with Crippen LogP contribution in [0.2, 0.25) is 5.02 Å². The average molecular weight is 370 g/mol. The van der Waals surface area contributed by atoms with E-state index in [1.165, 1.54) is 0 Å². The van der Waals surface area contributed by atoms with Gasteiger partial charge in [-0.25, -0.2) is 4.68 Å². The van der Waals surface area contributed by atoms with Crippen LogP contribution in [0.4, 0.5) is 0 Å². The lowest BCUT2D eigenvalue weighted by atomic mass is 10.1. The number of amides is 1. The van der Waals surface area contributed by atoms with Gasteiger partial charge < -0.3 is 5.32 Å². The van der Waals surface area contributed by atoms with Crippen molar-refractivity contribution in [3.63, 3.8) is 0 Å². The first kappa shape index (κ1) is 18.1. The molecular formula is C19H20ClN5O. The number of pyridine rings is 1. The van der Waals surface area contributed by atoms with E-state index < -0.39 is 0 Å². The molecule has 1 N–H and O–H groups in total. The van der Waals surface area contributed by atoms with Gasteiger partial charge in [0.25, 0.3) is 5.91 Å². The van der Waals surface area contributed by atoms with E-state index in [4.69, 9.17) is 11.6 Å². The molecule has 26 heavy (non-hydrogen) atoms. The van der Waals surface area contributed by atoms with Gasteiger partial charge in [-0.05, 0) is 43.7 Å². The first-order valence-corrected chi connectivity index (χ1v) is 8.75. The van der Waals surface area contributed by atoms with Crippen molar-refractivity contribution in [1.29, 1.82) is 0 Å². The van der Waals surface area contributed by atoms with Crippen LogP contribution < -0.4 is 5.32 Å². The number of carbonyl (C=O) groups excluding carboxylic acids is 1. The van der Waals surface area contributed by atoms with E-state index in [2.05, 4.69) is 20.6 Å². The van der Waals surface area contributed by atoms with Crippen molar-refractivity contribution >= 4 is 17.5 Å². The van der Waals surface area contributed by atoms with Crippen molar-refractivity contribution in [2.24, 2.45) is 0 Å². The fraction of sp³-hybridized carbons (Fsp3) is 0.263. The molecule has 0 spiro atoms. The van der Waals surface area contributed by atoms with Gasteiger partial charge in [0.15, 0.2) is 5.69 Å². The summed E-state index contributed by atoms with van der Waals surface area (Å²) in [6.07, 6.45) is 2.30. The number of rotatable bonds is 6. The Balaban J connectivity index is 1.58. The van der Waals surface area contributed by atoms with Crippen molar-refractivity contribution in [1.82, 2.24) is 25.3 Å². The number of halogens is 1. The molecule has 6 nitrogen and oxygen atoms in total. The molecule has 0 bridgehead atoms. The Morgan fingerprint density at radius 3 is 2.73 bits per heavy atom. The van der Waals surface area contributed by atoms with Gasteiger partial charge in [0.1, 0.15) is 0 Å². The second kappa shape index (κ2) is 8.10. The van der Waals surface area contributed by atoms with Crippen molar-refractivity contribution in [3.8, 4) is 0 Å². The zero-order chi connectivity index (χ0) is 18.5. The number of carbonyl (C=O) groups is 1. The highest BCUT2D eigenvalue weighted by molar-refractivity contribution is 6.30. The van der Waals surface area contributed by atoms with E-state index >= 15 is 0 Å². The summed E-state index contributed by atoms with van der Waals surface area (Å²) >= 11 is 5.88. The van der Waals surface area contributed by atoms with Gasteiger partial charge in [0, 0.05) is 28.9 Å². The Morgan fingerprint density at radius 2 is 2.00 bits per heavy atom. The lowest BCUT2D eigenvalue weighted by Gasteiger charge is -2.12. The van der Waals surface area contributed by atoms with Crippen LogP contribution in [0, 0.1) is 6.92 Å². The number of nitrogens with zero attached hydrogens (tertiary/aromatic N) is 4. The molecule has 7 heteroatoms. The fourth-order valence-electron chi connectivity index (χ4n) is 2.63. The summed E-state index contributed by atoms with van der Waals surface area (Å²) in [6.45, 7) is 4.42. The number of aromatic nitrogens is 4. The minimum atomic E-state index is -0.243. The number of aryl methyl sites for hydroxylation is 1. The van der Waals surface area contributed by atoms with E-state index in [9.17, 15) is 4.79 Å². The van der Waals surface area contributed by atoms with E-state index in [1.54, 1.807) is 10.9 Å². The Labute approximate surface area is 157 Å². The van der Waals surface area contributed by atoms with Crippen LogP contribution in [0.5, 0.6) is 0 Å². The minimum absolute atomic E-state index is 0.0572. The Hall–Kier alpha value is -2.73. The lowest BCUT2D eigenvalue weighted by Crippen LogP contribution is -2.34. The summed E-state index contributed by atoms with van der Waals surface area (Å²) in [5.41, 5.74) is 3.24. The molecule has 1 atom stereocenters. The molecule has 0 radical (unpaired) electrons. The van der Waals surface area contributed by atoms with Crippen molar-refractivity contribution in [2.75, 3.05) is 0 Å². The topological polar surface area (TPSA) is 72.7 Å². The Bertz CT molecular complexity index is 891. The van der Waals surface area contributed by atoms with Gasteiger partial charge in [-0.1, -0.05) is 35.0 Å². The fourth-order valence-corrected chi connectivity index (χ4v) is 2.76. The molecule has 0 aliphatic heterocycles. The maximum Gasteiger partial charge on any atom is 0.273 e. The van der Waals surface area contributed by atoms with E-state index in [-0.39, 0.29) is 11.9 Å². The number of hydrogen-bond donors (Lipinski definition) is 1. The number of benzene rings is 1. The quantitative estimate of drug-likeness (QED) is 0.724. The molecule has 0 fully saturated rings. The molecule has 1 aromatic carbocycles. The second-order valence-electron chi connectivity index (χ2n) is 6.28. The summed E-state index contributed by atoms with van der Waals surface area (Å²) in [5.74, 6) is -0.243. The Kier molecular flexibility index (Phi) is 5.63. The standard InChI is InChI=1S/C19H20ClN5O/c1-13-4-3-5-17(21-13)10-14(2)22-19(26)18-12-25(24-23-18)11-15-6-8-16(20)9-7-15/h3-9,12,14H,10-11H2,1-2H3,(H,22,26)/t14-/m1/s1. The molecule has 3 aromatic rings. The lowest BCUT2D eigenvalue weighted by molar-refractivity contribution is 0.0935. The molecule has 0 saturated carbocycles. The molecule has 0 aliphatic carbocycles. The first-order chi connectivity index (χ1) is 12.5. The van der Waals surface area contributed by atoms with Gasteiger partial charge in [-0.2, -0.15) is 0 Å². The van der Waals surface area contributed by atoms with Crippen LogP contribution in [-0.4, -0.2) is 31.9 Å². The summed E-state index contributed by atoms with van der Waals surface area (Å²) in [6, 6.07) is 13.3. The summed E-state index contributed by atoms with van der Waals surface area (Å²) in [4.78, 5) is 16.8. The van der Waals surface area contributed by atoms with Gasteiger partial charge in [-0.3, -0.25) is 9.78 Å². The van der Waals surface area contributed by atoms with Gasteiger partial charge in [0.2, 0.25) is 0 Å². The molecule has 2 aromatic heterocycles. The zero-order valence-corrected chi connectivity index (χ0v) is 15.4. The molecule has 0 unspecified atom stereocenters. The van der Waals surface area contributed by atoms with E-state index in [0.717, 1.165) is 17.0 Å². The van der Waals surface area contributed by atoms with Crippen LogP contribution in [0.3, 0.4) is 0 Å². The highest BCUT2D eigenvalue weighted by Crippen LogP contribution is 2.10. The predicted molar refractivity (Wildman–Crippen MR) is 100 cm³/mol. The van der Waals surface area contributed by atoms with Gasteiger partial charge in [-0.15, -0.1) is 5.10 Å². The van der Waals surface area contributed by atoms with E-state index in [0.29, 0.717) is 23.7 Å². The maximum atomic E-state index is 12.4. The summed E-state index contributed by atoms with van der Waals surface area (Å²) in [5, 5.41) is 11.6. The van der Waals surface area contributed by atoms with Crippen molar-refractivity contribution < 1.29 is 4.79 Å². The van der Waals surface area contributed by atoms with Gasteiger partial charge in [0.05, 0.1) is 12.7 Å². The molecule has 3 rings (SSSR count). The molecule has 1 amide bonds. The third-order valence-electron chi connectivity index (χ3n) is 3.87. The van der Waals surface area contributed by atoms with Crippen LogP contribution in [0.1, 0.15) is 34.4 Å². The third kappa shape index (κ3) is 4.89. The van der Waals surface area contributed by atoms with Crippen LogP contribution >= 0.6 is 11.6 Å².